The van der Waals surface area contributed by atoms with Crippen molar-refractivity contribution in [1.82, 2.24) is 0 Å². The predicted molar refractivity (Wildman–Crippen MR) is 70.6 cm³/mol. The van der Waals surface area contributed by atoms with Crippen molar-refractivity contribution in [3.05, 3.63) is 23.8 Å². The molecule has 0 bridgehead atoms. The summed E-state index contributed by atoms with van der Waals surface area (Å²) < 4.78 is 0. The molecule has 2 nitrogen and oxygen atoms in total. The molecule has 1 aromatic carbocycles. The SMILES string of the molecule is Cc1cc(N)cc(NC2CCCC(C)C2)c1. The van der Waals surface area contributed by atoms with Gasteiger partial charge in [-0.05, 0) is 49.4 Å². The second-order valence-corrected chi connectivity index (χ2v) is 5.25. The third-order valence-corrected chi connectivity index (χ3v) is 3.41. The number of benzene rings is 1. The third-order valence-electron chi connectivity index (χ3n) is 3.41. The molecule has 2 atom stereocenters. The highest BCUT2D eigenvalue weighted by atomic mass is 14.9. The van der Waals surface area contributed by atoms with Gasteiger partial charge in [0.05, 0.1) is 0 Å². The summed E-state index contributed by atoms with van der Waals surface area (Å²) in [6.45, 7) is 4.43. The molecule has 0 heterocycles. The lowest BCUT2D eigenvalue weighted by Gasteiger charge is -2.28. The maximum absolute atomic E-state index is 5.85. The molecule has 0 spiro atoms. The molecule has 2 unspecified atom stereocenters. The monoisotopic (exact) mass is 218 g/mol. The number of rotatable bonds is 2. The average Bonchev–Trinajstić information content (AvgIpc) is 2.15. The van der Waals surface area contributed by atoms with Crippen LogP contribution < -0.4 is 11.1 Å². The van der Waals surface area contributed by atoms with Crippen LogP contribution in [0.15, 0.2) is 18.2 Å². The molecule has 0 aliphatic heterocycles. The van der Waals surface area contributed by atoms with Crippen LogP contribution in [-0.2, 0) is 0 Å². The Kier molecular flexibility index (Phi) is 3.37. The Hall–Kier alpha value is -1.18. The molecule has 2 heteroatoms. The summed E-state index contributed by atoms with van der Waals surface area (Å²) in [6.07, 6.45) is 5.31. The topological polar surface area (TPSA) is 38.0 Å². The Labute approximate surface area is 98.2 Å². The molecule has 1 fully saturated rings. The van der Waals surface area contributed by atoms with E-state index in [1.54, 1.807) is 0 Å². The Balaban J connectivity index is 2.02. The lowest BCUT2D eigenvalue weighted by Crippen LogP contribution is -2.26. The minimum atomic E-state index is 0.630. The smallest absolute Gasteiger partial charge is 0.0365 e. The Morgan fingerprint density at radius 2 is 2.06 bits per heavy atom. The molecule has 88 valence electrons. The molecular formula is C14H22N2. The fraction of sp³-hybridized carbons (Fsp3) is 0.571. The van der Waals surface area contributed by atoms with Crippen LogP contribution in [0, 0.1) is 12.8 Å². The van der Waals surface area contributed by atoms with Gasteiger partial charge in [-0.3, -0.25) is 0 Å². The van der Waals surface area contributed by atoms with Crippen molar-refractivity contribution in [2.45, 2.75) is 45.6 Å². The van der Waals surface area contributed by atoms with Gasteiger partial charge in [-0.25, -0.2) is 0 Å². The van der Waals surface area contributed by atoms with Gasteiger partial charge in [0.25, 0.3) is 0 Å². The number of nitrogens with two attached hydrogens (primary N) is 1. The first-order valence-electron chi connectivity index (χ1n) is 6.27. The van der Waals surface area contributed by atoms with Crippen LogP contribution in [0.5, 0.6) is 0 Å². The normalized spacial score (nSPS) is 25.4. The highest BCUT2D eigenvalue weighted by Gasteiger charge is 2.18. The van der Waals surface area contributed by atoms with Crippen LogP contribution in [0.1, 0.15) is 38.2 Å². The largest absolute Gasteiger partial charge is 0.399 e. The lowest BCUT2D eigenvalue weighted by molar-refractivity contribution is 0.358. The standard InChI is InChI=1S/C14H22N2/c1-10-4-3-5-13(7-10)16-14-8-11(2)6-12(15)9-14/h6,8-10,13,16H,3-5,7,15H2,1-2H3. The van der Waals surface area contributed by atoms with Crippen LogP contribution in [0.25, 0.3) is 0 Å². The molecule has 1 aliphatic carbocycles. The van der Waals surface area contributed by atoms with Crippen LogP contribution in [0.2, 0.25) is 0 Å². The molecule has 2 rings (SSSR count). The zero-order valence-electron chi connectivity index (χ0n) is 10.3. The summed E-state index contributed by atoms with van der Waals surface area (Å²) in [5, 5.41) is 3.61. The Bertz CT molecular complexity index is 340. The van der Waals surface area contributed by atoms with Gasteiger partial charge in [-0.1, -0.05) is 19.8 Å². The third kappa shape index (κ3) is 2.91. The number of aryl methyl sites for hydroxylation is 1. The van der Waals surface area contributed by atoms with E-state index in [4.69, 9.17) is 5.73 Å². The number of anilines is 2. The predicted octanol–water partition coefficient (Wildman–Crippen LogP) is 3.57. The van der Waals surface area contributed by atoms with Crippen molar-refractivity contribution < 1.29 is 0 Å². The Morgan fingerprint density at radius 3 is 2.75 bits per heavy atom. The number of hydrogen-bond acceptors (Lipinski definition) is 2. The summed E-state index contributed by atoms with van der Waals surface area (Å²) in [6, 6.07) is 6.85. The number of nitrogen functional groups attached to an aromatic ring is 1. The minimum absolute atomic E-state index is 0.630. The lowest BCUT2D eigenvalue weighted by atomic mass is 9.87. The maximum atomic E-state index is 5.85. The summed E-state index contributed by atoms with van der Waals surface area (Å²) in [5.74, 6) is 0.855. The molecule has 3 N–H and O–H groups in total. The van der Waals surface area contributed by atoms with Gasteiger partial charge in [0.2, 0.25) is 0 Å². The molecule has 0 amide bonds. The van der Waals surface area contributed by atoms with E-state index in [9.17, 15) is 0 Å². The summed E-state index contributed by atoms with van der Waals surface area (Å²) >= 11 is 0. The quantitative estimate of drug-likeness (QED) is 0.745. The summed E-state index contributed by atoms with van der Waals surface area (Å²) in [4.78, 5) is 0. The molecule has 16 heavy (non-hydrogen) atoms. The van der Waals surface area contributed by atoms with E-state index in [-0.39, 0.29) is 0 Å². The first-order chi connectivity index (χ1) is 7.63. The first kappa shape index (κ1) is 11.3. The fourth-order valence-corrected chi connectivity index (χ4v) is 2.70. The first-order valence-corrected chi connectivity index (χ1v) is 6.27. The van der Waals surface area contributed by atoms with E-state index in [0.717, 1.165) is 11.6 Å². The van der Waals surface area contributed by atoms with Crippen molar-refractivity contribution in [1.29, 1.82) is 0 Å². The van der Waals surface area contributed by atoms with Crippen LogP contribution >= 0.6 is 0 Å². The van der Waals surface area contributed by atoms with E-state index >= 15 is 0 Å². The molecule has 1 aromatic rings. The van der Waals surface area contributed by atoms with E-state index < -0.39 is 0 Å². The summed E-state index contributed by atoms with van der Waals surface area (Å²) in [5.41, 5.74) is 9.11. The molecule has 0 radical (unpaired) electrons. The van der Waals surface area contributed by atoms with Crippen molar-refractivity contribution in [3.63, 3.8) is 0 Å². The van der Waals surface area contributed by atoms with Crippen molar-refractivity contribution in [2.24, 2.45) is 5.92 Å². The van der Waals surface area contributed by atoms with Crippen molar-refractivity contribution in [3.8, 4) is 0 Å². The minimum Gasteiger partial charge on any atom is -0.399 e. The molecule has 1 aliphatic rings. The van der Waals surface area contributed by atoms with Gasteiger partial charge in [-0.2, -0.15) is 0 Å². The van der Waals surface area contributed by atoms with Crippen LogP contribution in [0.4, 0.5) is 11.4 Å². The number of nitrogens with one attached hydrogen (secondary N) is 1. The summed E-state index contributed by atoms with van der Waals surface area (Å²) in [7, 11) is 0. The molecule has 1 saturated carbocycles. The molecule has 0 aromatic heterocycles. The maximum Gasteiger partial charge on any atom is 0.0365 e. The van der Waals surface area contributed by atoms with Gasteiger partial charge in [0.1, 0.15) is 0 Å². The average molecular weight is 218 g/mol. The van der Waals surface area contributed by atoms with Crippen LogP contribution in [-0.4, -0.2) is 6.04 Å². The van der Waals surface area contributed by atoms with Crippen molar-refractivity contribution in [2.75, 3.05) is 11.1 Å². The zero-order chi connectivity index (χ0) is 11.5. The van der Waals surface area contributed by atoms with Gasteiger partial charge in [0, 0.05) is 17.4 Å². The van der Waals surface area contributed by atoms with Crippen LogP contribution in [0.3, 0.4) is 0 Å². The van der Waals surface area contributed by atoms with Gasteiger partial charge >= 0.3 is 0 Å². The second-order valence-electron chi connectivity index (χ2n) is 5.25. The van der Waals surface area contributed by atoms with E-state index in [2.05, 4.69) is 25.2 Å². The Morgan fingerprint density at radius 1 is 1.25 bits per heavy atom. The van der Waals surface area contributed by atoms with E-state index in [0.29, 0.717) is 6.04 Å². The second kappa shape index (κ2) is 4.77. The molecule has 0 saturated heterocycles. The zero-order valence-corrected chi connectivity index (χ0v) is 10.3. The number of hydrogen-bond donors (Lipinski definition) is 2. The van der Waals surface area contributed by atoms with Gasteiger partial charge < -0.3 is 11.1 Å². The van der Waals surface area contributed by atoms with Crippen molar-refractivity contribution >= 4 is 11.4 Å². The molecular weight excluding hydrogens is 196 g/mol. The highest BCUT2D eigenvalue weighted by Crippen LogP contribution is 2.27. The fourth-order valence-electron chi connectivity index (χ4n) is 2.70. The van der Waals surface area contributed by atoms with Gasteiger partial charge in [-0.15, -0.1) is 0 Å². The highest BCUT2D eigenvalue weighted by molar-refractivity contribution is 5.57. The van der Waals surface area contributed by atoms with E-state index in [1.807, 2.05) is 12.1 Å². The van der Waals surface area contributed by atoms with Gasteiger partial charge in [0.15, 0.2) is 0 Å². The van der Waals surface area contributed by atoms with E-state index in [1.165, 1.54) is 36.9 Å².